The molecule has 0 aliphatic rings. The second-order valence-electron chi connectivity index (χ2n) is 6.51. The molecule has 1 heterocycles. The van der Waals surface area contributed by atoms with Crippen molar-refractivity contribution in [2.24, 2.45) is 0 Å². The third-order valence-corrected chi connectivity index (χ3v) is 5.53. The van der Waals surface area contributed by atoms with Crippen molar-refractivity contribution in [3.05, 3.63) is 68.0 Å². The summed E-state index contributed by atoms with van der Waals surface area (Å²) in [6.07, 6.45) is 0. The number of nitrogens with one attached hydrogen (secondary N) is 1. The number of rotatable bonds is 6. The Kier molecular flexibility index (Phi) is 5.97. The lowest BCUT2D eigenvalue weighted by molar-refractivity contribution is -0.384. The van der Waals surface area contributed by atoms with Gasteiger partial charge in [-0.25, -0.2) is 4.98 Å². The van der Waals surface area contributed by atoms with Gasteiger partial charge < -0.3 is 5.32 Å². The van der Waals surface area contributed by atoms with E-state index in [0.717, 1.165) is 22.9 Å². The minimum Gasteiger partial charge on any atom is -0.320 e. The van der Waals surface area contributed by atoms with E-state index < -0.39 is 10.8 Å². The van der Waals surface area contributed by atoms with Gasteiger partial charge in [0, 0.05) is 12.6 Å². The number of hydrogen-bond acceptors (Lipinski definition) is 6. The van der Waals surface area contributed by atoms with Crippen LogP contribution in [0.5, 0.6) is 0 Å². The fourth-order valence-electron chi connectivity index (χ4n) is 2.91. The summed E-state index contributed by atoms with van der Waals surface area (Å²) in [5.41, 5.74) is 2.02. The topological polar surface area (TPSA) is 107 Å². The third kappa shape index (κ3) is 4.29. The molecule has 0 aliphatic carbocycles. The third-order valence-electron chi connectivity index (χ3n) is 4.56. The molecule has 9 heteroatoms. The van der Waals surface area contributed by atoms with E-state index in [9.17, 15) is 19.7 Å². The summed E-state index contributed by atoms with van der Waals surface area (Å²) in [4.78, 5) is 40.3. The molecule has 0 bridgehead atoms. The van der Waals surface area contributed by atoms with Gasteiger partial charge in [-0.1, -0.05) is 23.9 Å². The normalized spacial score (nSPS) is 10.9. The van der Waals surface area contributed by atoms with Gasteiger partial charge in [-0.15, -0.1) is 0 Å². The molecule has 2 aromatic carbocycles. The average Bonchev–Trinajstić information content (AvgIpc) is 2.69. The molecule has 1 aromatic heterocycles. The van der Waals surface area contributed by atoms with Gasteiger partial charge >= 0.3 is 0 Å². The standard InChI is InChI=1S/C20H20N4O4S/c1-4-23-19(26)14-7-5-6-8-15(14)22-20(23)29-11-18(25)21-16-9-12(2)13(3)10-17(16)24(27)28/h5-10H,4,11H2,1-3H3,(H,21,25). The zero-order chi connectivity index (χ0) is 21.1. The number of nitro groups is 1. The maximum absolute atomic E-state index is 12.6. The molecule has 0 radical (unpaired) electrons. The van der Waals surface area contributed by atoms with Crippen molar-refractivity contribution in [2.45, 2.75) is 32.5 Å². The molecule has 0 atom stereocenters. The molecule has 150 valence electrons. The van der Waals surface area contributed by atoms with Gasteiger partial charge in [-0.3, -0.25) is 24.3 Å². The molecule has 0 saturated heterocycles. The Morgan fingerprint density at radius 3 is 2.62 bits per heavy atom. The van der Waals surface area contributed by atoms with E-state index in [1.54, 1.807) is 37.3 Å². The minimum absolute atomic E-state index is 0.0329. The Labute approximate surface area is 171 Å². The van der Waals surface area contributed by atoms with Crippen molar-refractivity contribution in [3.8, 4) is 0 Å². The molecule has 0 saturated carbocycles. The highest BCUT2D eigenvalue weighted by atomic mass is 32.2. The first-order valence-electron chi connectivity index (χ1n) is 8.99. The number of para-hydroxylation sites is 1. The Bertz CT molecular complexity index is 1170. The van der Waals surface area contributed by atoms with E-state index >= 15 is 0 Å². The first kappa shape index (κ1) is 20.5. The van der Waals surface area contributed by atoms with Crippen LogP contribution in [-0.4, -0.2) is 26.1 Å². The molecular formula is C20H20N4O4S. The number of nitro benzene ring substituents is 1. The number of nitrogens with zero attached hydrogens (tertiary/aromatic N) is 3. The summed E-state index contributed by atoms with van der Waals surface area (Å²) < 4.78 is 1.51. The molecule has 0 aliphatic heterocycles. The lowest BCUT2D eigenvalue weighted by atomic mass is 10.1. The Hall–Kier alpha value is -3.20. The van der Waals surface area contributed by atoms with Crippen LogP contribution in [0.4, 0.5) is 11.4 Å². The zero-order valence-corrected chi connectivity index (χ0v) is 17.1. The van der Waals surface area contributed by atoms with E-state index in [4.69, 9.17) is 0 Å². The van der Waals surface area contributed by atoms with Gasteiger partial charge in [0.25, 0.3) is 11.2 Å². The van der Waals surface area contributed by atoms with Gasteiger partial charge in [0.2, 0.25) is 5.91 Å². The van der Waals surface area contributed by atoms with Gasteiger partial charge in [-0.2, -0.15) is 0 Å². The number of carbonyl (C=O) groups excluding carboxylic acids is 1. The molecular weight excluding hydrogens is 392 g/mol. The Morgan fingerprint density at radius 1 is 1.24 bits per heavy atom. The van der Waals surface area contributed by atoms with E-state index in [2.05, 4.69) is 10.3 Å². The number of benzene rings is 2. The van der Waals surface area contributed by atoms with Crippen LogP contribution in [0.3, 0.4) is 0 Å². The Balaban J connectivity index is 1.83. The molecule has 1 N–H and O–H groups in total. The molecule has 3 rings (SSSR count). The quantitative estimate of drug-likeness (QED) is 0.286. The van der Waals surface area contributed by atoms with E-state index in [1.807, 2.05) is 13.8 Å². The highest BCUT2D eigenvalue weighted by Crippen LogP contribution is 2.28. The van der Waals surface area contributed by atoms with Crippen LogP contribution in [0, 0.1) is 24.0 Å². The van der Waals surface area contributed by atoms with Crippen LogP contribution in [0.2, 0.25) is 0 Å². The molecule has 29 heavy (non-hydrogen) atoms. The second-order valence-corrected chi connectivity index (χ2v) is 7.45. The van der Waals surface area contributed by atoms with Gasteiger partial charge in [0.15, 0.2) is 5.16 Å². The number of carbonyl (C=O) groups is 1. The zero-order valence-electron chi connectivity index (χ0n) is 16.3. The van der Waals surface area contributed by atoms with E-state index in [-0.39, 0.29) is 22.7 Å². The number of aryl methyl sites for hydroxylation is 2. The van der Waals surface area contributed by atoms with Crippen molar-refractivity contribution in [1.29, 1.82) is 0 Å². The molecule has 1 amide bonds. The second kappa shape index (κ2) is 8.44. The van der Waals surface area contributed by atoms with Gasteiger partial charge in [0.05, 0.1) is 21.6 Å². The number of anilines is 1. The fraction of sp³-hybridized carbons (Fsp3) is 0.250. The Morgan fingerprint density at radius 2 is 1.93 bits per heavy atom. The van der Waals surface area contributed by atoms with Crippen LogP contribution < -0.4 is 10.9 Å². The number of hydrogen-bond donors (Lipinski definition) is 1. The lowest BCUT2D eigenvalue weighted by Crippen LogP contribution is -2.23. The SMILES string of the molecule is CCn1c(SCC(=O)Nc2cc(C)c(C)cc2[N+](=O)[O-])nc2ccccc2c1=O. The van der Waals surface area contributed by atoms with Crippen molar-refractivity contribution in [2.75, 3.05) is 11.1 Å². The summed E-state index contributed by atoms with van der Waals surface area (Å²) in [7, 11) is 0. The lowest BCUT2D eigenvalue weighted by Gasteiger charge is -2.12. The summed E-state index contributed by atoms with van der Waals surface area (Å²) in [6.45, 7) is 5.85. The molecule has 3 aromatic rings. The summed E-state index contributed by atoms with van der Waals surface area (Å²) in [5, 5.41) is 14.8. The molecule has 0 spiro atoms. The van der Waals surface area contributed by atoms with Crippen molar-refractivity contribution >= 4 is 39.9 Å². The van der Waals surface area contributed by atoms with Crippen LogP contribution in [0.25, 0.3) is 10.9 Å². The number of thioether (sulfide) groups is 1. The van der Waals surface area contributed by atoms with Crippen LogP contribution >= 0.6 is 11.8 Å². The molecule has 0 unspecified atom stereocenters. The smallest absolute Gasteiger partial charge is 0.293 e. The van der Waals surface area contributed by atoms with E-state index in [1.165, 1.54) is 10.6 Å². The molecule has 8 nitrogen and oxygen atoms in total. The highest BCUT2D eigenvalue weighted by molar-refractivity contribution is 7.99. The summed E-state index contributed by atoms with van der Waals surface area (Å²) in [5.74, 6) is -0.444. The predicted molar refractivity (Wildman–Crippen MR) is 114 cm³/mol. The van der Waals surface area contributed by atoms with Crippen LogP contribution in [-0.2, 0) is 11.3 Å². The maximum Gasteiger partial charge on any atom is 0.293 e. The van der Waals surface area contributed by atoms with Crippen molar-refractivity contribution < 1.29 is 9.72 Å². The fourth-order valence-corrected chi connectivity index (χ4v) is 3.77. The highest BCUT2D eigenvalue weighted by Gasteiger charge is 2.18. The number of aromatic nitrogens is 2. The van der Waals surface area contributed by atoms with E-state index in [0.29, 0.717) is 22.6 Å². The van der Waals surface area contributed by atoms with Crippen molar-refractivity contribution in [3.63, 3.8) is 0 Å². The summed E-state index contributed by atoms with van der Waals surface area (Å²) >= 11 is 1.12. The number of fused-ring (bicyclic) bond motifs is 1. The monoisotopic (exact) mass is 412 g/mol. The van der Waals surface area contributed by atoms with Gasteiger partial charge in [-0.05, 0) is 50.1 Å². The van der Waals surface area contributed by atoms with Crippen LogP contribution in [0.15, 0.2) is 46.3 Å². The first-order valence-corrected chi connectivity index (χ1v) is 9.98. The van der Waals surface area contributed by atoms with Crippen molar-refractivity contribution in [1.82, 2.24) is 9.55 Å². The molecule has 0 fully saturated rings. The maximum atomic E-state index is 12.6. The summed E-state index contributed by atoms with van der Waals surface area (Å²) in [6, 6.07) is 10.1. The first-order chi connectivity index (χ1) is 13.8. The largest absolute Gasteiger partial charge is 0.320 e. The van der Waals surface area contributed by atoms with Crippen LogP contribution in [0.1, 0.15) is 18.1 Å². The average molecular weight is 412 g/mol. The minimum atomic E-state index is -0.519. The predicted octanol–water partition coefficient (Wildman–Crippen LogP) is 3.67. The van der Waals surface area contributed by atoms with Gasteiger partial charge in [0.1, 0.15) is 5.69 Å². The number of amides is 1.